The van der Waals surface area contributed by atoms with Gasteiger partial charge in [0.2, 0.25) is 10.0 Å². The molecule has 1 N–H and O–H groups in total. The van der Waals surface area contributed by atoms with Crippen LogP contribution in [0.5, 0.6) is 0 Å². The van der Waals surface area contributed by atoms with Crippen LogP contribution >= 0.6 is 0 Å². The molecule has 0 atom stereocenters. The van der Waals surface area contributed by atoms with E-state index in [-0.39, 0.29) is 5.75 Å². The zero-order valence-electron chi connectivity index (χ0n) is 10.3. The van der Waals surface area contributed by atoms with Crippen LogP contribution in [0.15, 0.2) is 24.4 Å². The molecule has 1 aliphatic rings. The summed E-state index contributed by atoms with van der Waals surface area (Å²) in [5.41, 5.74) is 2.94. The fourth-order valence-corrected chi connectivity index (χ4v) is 4.18. The molecule has 0 amide bonds. The number of aromatic amines is 1. The highest BCUT2D eigenvalue weighted by Crippen LogP contribution is 2.32. The molecule has 96 valence electrons. The van der Waals surface area contributed by atoms with Gasteiger partial charge in [0.05, 0.1) is 17.0 Å². The highest BCUT2D eigenvalue weighted by molar-refractivity contribution is 7.93. The van der Waals surface area contributed by atoms with Crippen molar-refractivity contribution in [3.63, 3.8) is 0 Å². The number of rotatable bonds is 2. The van der Waals surface area contributed by atoms with E-state index >= 15 is 0 Å². The van der Waals surface area contributed by atoms with Gasteiger partial charge < -0.3 is 4.98 Å². The van der Waals surface area contributed by atoms with Crippen molar-refractivity contribution in [3.8, 4) is 0 Å². The minimum atomic E-state index is -3.12. The number of nitrogens with one attached hydrogen (secondary N) is 1. The van der Waals surface area contributed by atoms with Crippen molar-refractivity contribution >= 4 is 26.6 Å². The number of anilines is 1. The van der Waals surface area contributed by atoms with E-state index < -0.39 is 10.0 Å². The monoisotopic (exact) mass is 264 g/mol. The maximum atomic E-state index is 12.0. The molecule has 0 saturated carbocycles. The van der Waals surface area contributed by atoms with Crippen LogP contribution < -0.4 is 4.31 Å². The lowest BCUT2D eigenvalue weighted by molar-refractivity contribution is 0.599. The average Bonchev–Trinajstić information content (AvgIpc) is 2.91. The van der Waals surface area contributed by atoms with Gasteiger partial charge in [-0.05, 0) is 24.5 Å². The Bertz CT molecular complexity index is 688. The molecule has 4 nitrogen and oxygen atoms in total. The molecule has 5 heteroatoms. The normalized spacial score (nSPS) is 18.6. The van der Waals surface area contributed by atoms with Gasteiger partial charge in [-0.1, -0.05) is 19.1 Å². The molecule has 1 aromatic carbocycles. The highest BCUT2D eigenvalue weighted by Gasteiger charge is 2.29. The summed E-state index contributed by atoms with van der Waals surface area (Å²) in [5, 5.41) is 1.12. The van der Waals surface area contributed by atoms with E-state index in [0.717, 1.165) is 23.0 Å². The number of aromatic nitrogens is 1. The first-order valence-electron chi connectivity index (χ1n) is 6.23. The van der Waals surface area contributed by atoms with Crippen molar-refractivity contribution in [2.75, 3.05) is 16.6 Å². The summed E-state index contributed by atoms with van der Waals surface area (Å²) >= 11 is 0. The molecule has 1 aromatic heterocycles. The zero-order chi connectivity index (χ0) is 12.8. The van der Waals surface area contributed by atoms with Crippen molar-refractivity contribution in [3.05, 3.63) is 30.0 Å². The summed E-state index contributed by atoms with van der Waals surface area (Å²) in [7, 11) is -3.12. The van der Waals surface area contributed by atoms with E-state index in [0.29, 0.717) is 13.0 Å². The van der Waals surface area contributed by atoms with Crippen molar-refractivity contribution in [1.29, 1.82) is 0 Å². The summed E-state index contributed by atoms with van der Waals surface area (Å²) in [6.45, 7) is 2.68. The first kappa shape index (κ1) is 11.6. The van der Waals surface area contributed by atoms with E-state index in [2.05, 4.69) is 11.9 Å². The van der Waals surface area contributed by atoms with Crippen LogP contribution in [-0.4, -0.2) is 25.7 Å². The van der Waals surface area contributed by atoms with Crippen LogP contribution in [0.25, 0.3) is 10.9 Å². The highest BCUT2D eigenvalue weighted by atomic mass is 32.2. The number of hydrogen-bond acceptors (Lipinski definition) is 2. The summed E-state index contributed by atoms with van der Waals surface area (Å²) in [4.78, 5) is 3.22. The molecule has 0 aliphatic carbocycles. The van der Waals surface area contributed by atoms with Gasteiger partial charge in [-0.25, -0.2) is 8.42 Å². The van der Waals surface area contributed by atoms with Crippen LogP contribution in [0.1, 0.15) is 18.9 Å². The van der Waals surface area contributed by atoms with Crippen LogP contribution in [0, 0.1) is 0 Å². The molecule has 18 heavy (non-hydrogen) atoms. The van der Waals surface area contributed by atoms with Gasteiger partial charge in [0.25, 0.3) is 0 Å². The number of aryl methyl sites for hydroxylation is 1. The molecule has 0 spiro atoms. The standard InChI is InChI=1S/C13H16N2O2S/c1-2-10-9-14-13-11(10)5-3-6-12(13)15-7-4-8-18(15,16)17/h3,5-6,9,14H,2,4,7-8H2,1H3. The fraction of sp³-hybridized carbons (Fsp3) is 0.385. The molecular weight excluding hydrogens is 248 g/mol. The van der Waals surface area contributed by atoms with Gasteiger partial charge in [0.1, 0.15) is 0 Å². The topological polar surface area (TPSA) is 53.2 Å². The first-order valence-corrected chi connectivity index (χ1v) is 7.84. The zero-order valence-corrected chi connectivity index (χ0v) is 11.1. The molecule has 0 unspecified atom stereocenters. The fourth-order valence-electron chi connectivity index (χ4n) is 2.61. The summed E-state index contributed by atoms with van der Waals surface area (Å²) < 4.78 is 25.5. The first-order chi connectivity index (χ1) is 8.63. The van der Waals surface area contributed by atoms with Crippen LogP contribution in [-0.2, 0) is 16.4 Å². The number of sulfonamides is 1. The Morgan fingerprint density at radius 3 is 2.89 bits per heavy atom. The Hall–Kier alpha value is -1.49. The number of H-pyrrole nitrogens is 1. The van der Waals surface area contributed by atoms with E-state index in [4.69, 9.17) is 0 Å². The quantitative estimate of drug-likeness (QED) is 0.904. The Morgan fingerprint density at radius 1 is 1.39 bits per heavy atom. The Kier molecular flexibility index (Phi) is 2.59. The van der Waals surface area contributed by atoms with Crippen molar-refractivity contribution in [1.82, 2.24) is 4.98 Å². The average molecular weight is 264 g/mol. The largest absolute Gasteiger partial charge is 0.359 e. The second-order valence-electron chi connectivity index (χ2n) is 4.61. The molecule has 3 rings (SSSR count). The van der Waals surface area contributed by atoms with Crippen molar-refractivity contribution in [2.45, 2.75) is 19.8 Å². The second-order valence-corrected chi connectivity index (χ2v) is 6.62. The smallest absolute Gasteiger partial charge is 0.235 e. The Balaban J connectivity index is 2.21. The van der Waals surface area contributed by atoms with Crippen LogP contribution in [0.3, 0.4) is 0 Å². The third-order valence-corrected chi connectivity index (χ3v) is 5.38. The molecule has 1 fully saturated rings. The molecule has 2 aromatic rings. The summed E-state index contributed by atoms with van der Waals surface area (Å²) in [5.74, 6) is 0.255. The number of hydrogen-bond donors (Lipinski definition) is 1. The maximum absolute atomic E-state index is 12.0. The van der Waals surface area contributed by atoms with Crippen LogP contribution in [0.2, 0.25) is 0 Å². The second kappa shape index (κ2) is 4.02. The van der Waals surface area contributed by atoms with Gasteiger partial charge in [-0.2, -0.15) is 0 Å². The maximum Gasteiger partial charge on any atom is 0.235 e. The molecule has 2 heterocycles. The minimum Gasteiger partial charge on any atom is -0.359 e. The molecular formula is C13H16N2O2S. The molecule has 1 saturated heterocycles. The van der Waals surface area contributed by atoms with Gasteiger partial charge in [0.15, 0.2) is 0 Å². The molecule has 0 radical (unpaired) electrons. The van der Waals surface area contributed by atoms with Gasteiger partial charge in [-0.3, -0.25) is 4.31 Å². The van der Waals surface area contributed by atoms with E-state index in [1.54, 1.807) is 0 Å². The van der Waals surface area contributed by atoms with Gasteiger partial charge in [-0.15, -0.1) is 0 Å². The Morgan fingerprint density at radius 2 is 2.22 bits per heavy atom. The lowest BCUT2D eigenvalue weighted by Crippen LogP contribution is -2.25. The third kappa shape index (κ3) is 1.61. The lowest BCUT2D eigenvalue weighted by atomic mass is 10.1. The molecule has 0 bridgehead atoms. The number of fused-ring (bicyclic) bond motifs is 1. The van der Waals surface area contributed by atoms with E-state index in [9.17, 15) is 8.42 Å². The Labute approximate surface area is 107 Å². The van der Waals surface area contributed by atoms with Gasteiger partial charge in [0, 0.05) is 18.1 Å². The van der Waals surface area contributed by atoms with Crippen molar-refractivity contribution in [2.24, 2.45) is 0 Å². The number of nitrogens with zero attached hydrogens (tertiary/aromatic N) is 1. The minimum absolute atomic E-state index is 0.255. The van der Waals surface area contributed by atoms with E-state index in [1.807, 2.05) is 24.4 Å². The number of para-hydroxylation sites is 1. The predicted octanol–water partition coefficient (Wildman–Crippen LogP) is 2.27. The lowest BCUT2D eigenvalue weighted by Gasteiger charge is -2.17. The van der Waals surface area contributed by atoms with Crippen LogP contribution in [0.4, 0.5) is 5.69 Å². The van der Waals surface area contributed by atoms with Crippen molar-refractivity contribution < 1.29 is 8.42 Å². The summed E-state index contributed by atoms with van der Waals surface area (Å²) in [6, 6.07) is 5.84. The van der Waals surface area contributed by atoms with E-state index in [1.165, 1.54) is 9.87 Å². The predicted molar refractivity (Wildman–Crippen MR) is 73.4 cm³/mol. The van der Waals surface area contributed by atoms with Gasteiger partial charge >= 0.3 is 0 Å². The summed E-state index contributed by atoms with van der Waals surface area (Å²) in [6.07, 6.45) is 3.62. The third-order valence-electron chi connectivity index (χ3n) is 3.53. The SMILES string of the molecule is CCc1c[nH]c2c(N3CCCS3(=O)=O)cccc12. The molecule has 1 aliphatic heterocycles. The number of benzene rings is 1.